The maximum absolute atomic E-state index is 13.2. The molecule has 0 aromatic carbocycles. The van der Waals surface area contributed by atoms with Gasteiger partial charge in [-0.1, -0.05) is 6.07 Å². The number of aromatic nitrogens is 7. The molecule has 9 nitrogen and oxygen atoms in total. The Labute approximate surface area is 194 Å². The highest BCUT2D eigenvalue weighted by atomic mass is 19.4. The summed E-state index contributed by atoms with van der Waals surface area (Å²) in [5.74, 6) is -0.206. The molecule has 0 radical (unpaired) electrons. The largest absolute Gasteiger partial charge is 0.433 e. The van der Waals surface area contributed by atoms with E-state index in [1.807, 2.05) is 6.07 Å². The molecular formula is C22H16F4N8O. The van der Waals surface area contributed by atoms with Crippen LogP contribution in [0.3, 0.4) is 0 Å². The predicted molar refractivity (Wildman–Crippen MR) is 113 cm³/mol. The predicted octanol–water partition coefficient (Wildman–Crippen LogP) is 3.60. The zero-order valence-corrected chi connectivity index (χ0v) is 18.1. The van der Waals surface area contributed by atoms with E-state index in [1.165, 1.54) is 10.7 Å². The summed E-state index contributed by atoms with van der Waals surface area (Å²) in [7, 11) is 0. The van der Waals surface area contributed by atoms with Gasteiger partial charge in [0, 0.05) is 18.0 Å². The number of nitrogens with zero attached hydrogens (tertiary/aromatic N) is 7. The van der Waals surface area contributed by atoms with E-state index in [9.17, 15) is 27.6 Å². The topological polar surface area (TPSA) is 126 Å². The van der Waals surface area contributed by atoms with Crippen LogP contribution in [0.15, 0.2) is 35.5 Å². The molecule has 5 rings (SSSR count). The fourth-order valence-corrected chi connectivity index (χ4v) is 4.20. The first-order valence-electron chi connectivity index (χ1n) is 10.6. The number of nitriles is 1. The maximum atomic E-state index is 13.2. The smallest absolute Gasteiger partial charge is 0.310 e. The first-order chi connectivity index (χ1) is 16.7. The van der Waals surface area contributed by atoms with Gasteiger partial charge in [-0.2, -0.15) is 23.5 Å². The molecule has 1 aliphatic carbocycles. The second kappa shape index (κ2) is 8.23. The van der Waals surface area contributed by atoms with Crippen molar-refractivity contribution < 1.29 is 17.6 Å². The molecule has 1 saturated carbocycles. The van der Waals surface area contributed by atoms with Crippen molar-refractivity contribution >= 4 is 11.0 Å². The van der Waals surface area contributed by atoms with E-state index >= 15 is 0 Å². The second-order valence-corrected chi connectivity index (χ2v) is 8.26. The first-order valence-corrected chi connectivity index (χ1v) is 10.6. The average Bonchev–Trinajstić information content (AvgIpc) is 3.18. The Balaban J connectivity index is 1.56. The Morgan fingerprint density at radius 3 is 2.43 bits per heavy atom. The monoisotopic (exact) mass is 484 g/mol. The van der Waals surface area contributed by atoms with Gasteiger partial charge in [-0.3, -0.25) is 9.78 Å². The number of fused-ring (bicyclic) bond motifs is 1. The number of H-pyrrole nitrogens is 1. The zero-order chi connectivity index (χ0) is 24.9. The molecule has 0 aliphatic heterocycles. The van der Waals surface area contributed by atoms with Crippen LogP contribution in [0, 0.1) is 17.1 Å². The van der Waals surface area contributed by atoms with Crippen LogP contribution in [0.25, 0.3) is 11.0 Å². The van der Waals surface area contributed by atoms with E-state index < -0.39 is 29.3 Å². The molecule has 0 unspecified atom stereocenters. The van der Waals surface area contributed by atoms with Crippen molar-refractivity contribution in [2.75, 3.05) is 0 Å². The summed E-state index contributed by atoms with van der Waals surface area (Å²) in [6.07, 6.45) is 0.0442. The SMILES string of the molecule is C[C@@H](c1ccc(C(F)(F)F)nc1)n1nc(C#N)c2c(=O)[nH]c([C@H]3CC[C@@H]3c3ncc(F)cn3)nc21. The normalized spacial score (nSPS) is 18.7. The minimum Gasteiger partial charge on any atom is -0.310 e. The lowest BCUT2D eigenvalue weighted by molar-refractivity contribution is -0.141. The molecule has 4 aromatic heterocycles. The summed E-state index contributed by atoms with van der Waals surface area (Å²) < 4.78 is 53.2. The Hall–Kier alpha value is -4.21. The second-order valence-electron chi connectivity index (χ2n) is 8.26. The van der Waals surface area contributed by atoms with Gasteiger partial charge in [0.25, 0.3) is 5.56 Å². The molecule has 0 spiro atoms. The zero-order valence-electron chi connectivity index (χ0n) is 18.1. The number of halogens is 4. The molecule has 178 valence electrons. The highest BCUT2D eigenvalue weighted by Crippen LogP contribution is 2.46. The summed E-state index contributed by atoms with van der Waals surface area (Å²) in [5.41, 5.74) is -1.24. The van der Waals surface area contributed by atoms with Crippen LogP contribution in [0.2, 0.25) is 0 Å². The Morgan fingerprint density at radius 1 is 1.14 bits per heavy atom. The van der Waals surface area contributed by atoms with Gasteiger partial charge < -0.3 is 4.98 Å². The van der Waals surface area contributed by atoms with Crippen molar-refractivity contribution in [2.45, 2.75) is 43.8 Å². The van der Waals surface area contributed by atoms with Gasteiger partial charge in [-0.05, 0) is 31.4 Å². The molecule has 35 heavy (non-hydrogen) atoms. The number of hydrogen-bond acceptors (Lipinski definition) is 7. The summed E-state index contributed by atoms with van der Waals surface area (Å²) in [5, 5.41) is 13.7. The molecule has 1 N–H and O–H groups in total. The van der Waals surface area contributed by atoms with Crippen LogP contribution in [0.4, 0.5) is 17.6 Å². The lowest BCUT2D eigenvalue weighted by Gasteiger charge is -2.34. The van der Waals surface area contributed by atoms with Gasteiger partial charge in [0.05, 0.1) is 18.4 Å². The molecular weight excluding hydrogens is 468 g/mol. The summed E-state index contributed by atoms with van der Waals surface area (Å²) in [4.78, 5) is 31.8. The van der Waals surface area contributed by atoms with Crippen molar-refractivity contribution in [3.8, 4) is 6.07 Å². The third-order valence-corrected chi connectivity index (χ3v) is 6.21. The number of pyridine rings is 1. The number of rotatable bonds is 4. The molecule has 0 saturated heterocycles. The number of nitrogens with one attached hydrogen (secondary N) is 1. The van der Waals surface area contributed by atoms with Gasteiger partial charge in [0.2, 0.25) is 0 Å². The fourth-order valence-electron chi connectivity index (χ4n) is 4.20. The lowest BCUT2D eigenvalue weighted by atomic mass is 9.72. The molecule has 0 bridgehead atoms. The van der Waals surface area contributed by atoms with Crippen LogP contribution in [-0.2, 0) is 6.18 Å². The molecule has 4 heterocycles. The number of aromatic amines is 1. The summed E-state index contributed by atoms with van der Waals surface area (Å²) >= 11 is 0. The van der Waals surface area contributed by atoms with Crippen molar-refractivity contribution in [3.63, 3.8) is 0 Å². The Bertz CT molecular complexity index is 1500. The molecule has 0 amide bonds. The van der Waals surface area contributed by atoms with Gasteiger partial charge in [0.1, 0.15) is 28.8 Å². The van der Waals surface area contributed by atoms with Crippen molar-refractivity contribution in [3.05, 3.63) is 75.5 Å². The van der Waals surface area contributed by atoms with Crippen LogP contribution in [0.5, 0.6) is 0 Å². The van der Waals surface area contributed by atoms with Crippen molar-refractivity contribution in [1.29, 1.82) is 5.26 Å². The van der Waals surface area contributed by atoms with Crippen LogP contribution in [0.1, 0.15) is 66.2 Å². The summed E-state index contributed by atoms with van der Waals surface area (Å²) in [6, 6.07) is 3.32. The highest BCUT2D eigenvalue weighted by Gasteiger charge is 2.38. The molecule has 1 fully saturated rings. The van der Waals surface area contributed by atoms with Crippen LogP contribution >= 0.6 is 0 Å². The number of alkyl halides is 3. The van der Waals surface area contributed by atoms with E-state index in [2.05, 4.69) is 30.0 Å². The quantitative estimate of drug-likeness (QED) is 0.439. The summed E-state index contributed by atoms with van der Waals surface area (Å²) in [6.45, 7) is 1.65. The van der Waals surface area contributed by atoms with E-state index in [0.29, 0.717) is 30.1 Å². The number of hydrogen-bond donors (Lipinski definition) is 1. The Morgan fingerprint density at radius 2 is 1.86 bits per heavy atom. The van der Waals surface area contributed by atoms with E-state index in [0.717, 1.165) is 24.7 Å². The molecule has 3 atom stereocenters. The standard InChI is InChI=1S/C22H16F4N8O/c1-10(11-2-5-16(28-7-11)22(24,25)26)34-20-17(15(6-27)33-34)21(35)32-19(31-20)14-4-3-13(14)18-29-8-12(23)9-30-18/h2,5,7-10,13-14H,3-4H2,1H3,(H,31,32,35)/t10-,13-,14-/m0/s1. The lowest BCUT2D eigenvalue weighted by Crippen LogP contribution is -2.28. The van der Waals surface area contributed by atoms with Crippen molar-refractivity contribution in [1.82, 2.24) is 34.7 Å². The van der Waals surface area contributed by atoms with Gasteiger partial charge in [0.15, 0.2) is 17.2 Å². The minimum absolute atomic E-state index is 0.0168. The fraction of sp³-hybridized carbons (Fsp3) is 0.318. The third-order valence-electron chi connectivity index (χ3n) is 6.21. The minimum atomic E-state index is -4.58. The van der Waals surface area contributed by atoms with Crippen LogP contribution in [-0.4, -0.2) is 34.7 Å². The van der Waals surface area contributed by atoms with Crippen molar-refractivity contribution in [2.24, 2.45) is 0 Å². The van der Waals surface area contributed by atoms with E-state index in [-0.39, 0.29) is 28.6 Å². The average molecular weight is 484 g/mol. The maximum Gasteiger partial charge on any atom is 0.433 e. The molecule has 4 aromatic rings. The van der Waals surface area contributed by atoms with E-state index in [4.69, 9.17) is 0 Å². The first kappa shape index (κ1) is 22.6. The van der Waals surface area contributed by atoms with Gasteiger partial charge in [-0.25, -0.2) is 24.0 Å². The highest BCUT2D eigenvalue weighted by molar-refractivity contribution is 5.80. The molecule has 1 aliphatic rings. The van der Waals surface area contributed by atoms with Crippen LogP contribution < -0.4 is 5.56 Å². The van der Waals surface area contributed by atoms with E-state index in [1.54, 1.807) is 6.92 Å². The van der Waals surface area contributed by atoms with Gasteiger partial charge in [-0.15, -0.1) is 0 Å². The van der Waals surface area contributed by atoms with Gasteiger partial charge >= 0.3 is 6.18 Å². The molecule has 13 heteroatoms. The third kappa shape index (κ3) is 3.90. The Kier molecular flexibility index (Phi) is 5.31.